The van der Waals surface area contributed by atoms with Gasteiger partial charge in [0.15, 0.2) is 5.96 Å². The van der Waals surface area contributed by atoms with Gasteiger partial charge < -0.3 is 49.0 Å². The van der Waals surface area contributed by atoms with Crippen molar-refractivity contribution in [2.24, 2.45) is 27.9 Å². The van der Waals surface area contributed by atoms with Gasteiger partial charge in [-0.3, -0.25) is 29.0 Å². The Bertz CT molecular complexity index is 1220. The number of benzene rings is 1. The lowest BCUT2D eigenvalue weighted by molar-refractivity contribution is -0.142. The number of aromatic nitrogens is 1. The maximum atomic E-state index is 13.1. The Morgan fingerprint density at radius 2 is 1.62 bits per heavy atom. The lowest BCUT2D eigenvalue weighted by Crippen LogP contribution is -2.57. The van der Waals surface area contributed by atoms with Gasteiger partial charge in [0.1, 0.15) is 18.1 Å². The maximum Gasteiger partial charge on any atom is 0.325 e. The average Bonchev–Trinajstić information content (AvgIpc) is 3.27. The highest BCUT2D eigenvalue weighted by atomic mass is 16.4. The molecule has 4 unspecified atom stereocenters. The van der Waals surface area contributed by atoms with E-state index in [0.717, 1.165) is 16.5 Å². The summed E-state index contributed by atoms with van der Waals surface area (Å²) in [5.74, 6) is -4.71. The molecule has 4 atom stereocenters. The lowest BCUT2D eigenvalue weighted by atomic mass is 10.0. The van der Waals surface area contributed by atoms with Gasteiger partial charge in [-0.1, -0.05) is 18.2 Å². The van der Waals surface area contributed by atoms with Crippen molar-refractivity contribution in [3.63, 3.8) is 0 Å². The van der Waals surface area contributed by atoms with Crippen molar-refractivity contribution in [1.82, 2.24) is 20.9 Å². The molecule has 2 rings (SSSR count). The SMILES string of the molecule is CC(NC(=O)C(CCCN=C(N)N)NC(=O)C(CC(N)=O)NC(=O)C(N)Cc1c[nH]c2ccccc12)C(=O)O. The number of aliphatic imine (C=N–C) groups is 1. The predicted octanol–water partition coefficient (Wildman–Crippen LogP) is -2.47. The number of nitrogens with zero attached hydrogens (tertiary/aromatic N) is 1. The number of nitrogens with two attached hydrogens (primary N) is 4. The number of guanidine groups is 1. The molecule has 212 valence electrons. The van der Waals surface area contributed by atoms with Gasteiger partial charge in [0.05, 0.1) is 12.5 Å². The normalized spacial score (nSPS) is 13.9. The van der Waals surface area contributed by atoms with E-state index < -0.39 is 60.2 Å². The van der Waals surface area contributed by atoms with Crippen LogP contribution in [0.4, 0.5) is 0 Å². The van der Waals surface area contributed by atoms with Crippen LogP contribution in [-0.4, -0.2) is 76.4 Å². The number of carbonyl (C=O) groups excluding carboxylic acids is 4. The molecule has 0 saturated carbocycles. The lowest BCUT2D eigenvalue weighted by Gasteiger charge is -2.24. The number of aromatic amines is 1. The van der Waals surface area contributed by atoms with Crippen molar-refractivity contribution in [3.05, 3.63) is 36.0 Å². The molecule has 1 aromatic carbocycles. The van der Waals surface area contributed by atoms with E-state index in [1.54, 1.807) is 6.20 Å². The highest BCUT2D eigenvalue weighted by Gasteiger charge is 2.30. The van der Waals surface area contributed by atoms with E-state index in [9.17, 15) is 24.0 Å². The summed E-state index contributed by atoms with van der Waals surface area (Å²) in [6, 6.07) is 2.49. The van der Waals surface area contributed by atoms with Crippen LogP contribution in [0.25, 0.3) is 10.9 Å². The Morgan fingerprint density at radius 3 is 2.26 bits per heavy atom. The summed E-state index contributed by atoms with van der Waals surface area (Å²) in [6.07, 6.45) is 1.59. The molecule has 39 heavy (non-hydrogen) atoms. The molecule has 2 aromatic rings. The number of primary amides is 1. The Kier molecular flexibility index (Phi) is 11.2. The minimum Gasteiger partial charge on any atom is -0.480 e. The van der Waals surface area contributed by atoms with Crippen LogP contribution in [0.15, 0.2) is 35.5 Å². The van der Waals surface area contributed by atoms with Crippen LogP contribution in [0.5, 0.6) is 0 Å². The van der Waals surface area contributed by atoms with Crippen LogP contribution in [0.2, 0.25) is 0 Å². The summed E-state index contributed by atoms with van der Waals surface area (Å²) in [5, 5.41) is 17.1. The number of fused-ring (bicyclic) bond motifs is 1. The number of carbonyl (C=O) groups is 5. The summed E-state index contributed by atoms with van der Waals surface area (Å²) < 4.78 is 0. The molecule has 4 amide bonds. The van der Waals surface area contributed by atoms with Gasteiger partial charge >= 0.3 is 5.97 Å². The number of nitrogens with one attached hydrogen (secondary N) is 4. The Morgan fingerprint density at radius 1 is 0.974 bits per heavy atom. The standard InChI is InChI=1S/C24H35N9O6/c1-12(23(38)39)31-21(36)17(7-4-8-29-24(27)28)32-22(37)18(10-19(26)34)33-20(35)15(25)9-13-11-30-16-6-3-2-5-14(13)16/h2-3,5-6,11-12,15,17-18,30H,4,7-10,25H2,1H3,(H2,26,34)(H,31,36)(H,32,37)(H,33,35)(H,38,39)(H4,27,28,29). The highest BCUT2D eigenvalue weighted by molar-refractivity contribution is 5.96. The van der Waals surface area contributed by atoms with E-state index in [4.69, 9.17) is 28.0 Å². The second-order valence-corrected chi connectivity index (χ2v) is 8.98. The molecule has 13 N–H and O–H groups in total. The largest absolute Gasteiger partial charge is 0.480 e. The summed E-state index contributed by atoms with van der Waals surface area (Å²) in [7, 11) is 0. The number of carboxylic acid groups (broad SMARTS) is 1. The molecule has 0 bridgehead atoms. The summed E-state index contributed by atoms with van der Waals surface area (Å²) >= 11 is 0. The predicted molar refractivity (Wildman–Crippen MR) is 143 cm³/mol. The van der Waals surface area contributed by atoms with Gasteiger partial charge in [-0.2, -0.15) is 0 Å². The van der Waals surface area contributed by atoms with Gasteiger partial charge in [-0.05, 0) is 37.8 Å². The van der Waals surface area contributed by atoms with Crippen molar-refractivity contribution in [3.8, 4) is 0 Å². The van der Waals surface area contributed by atoms with Crippen molar-refractivity contribution < 1.29 is 29.1 Å². The zero-order chi connectivity index (χ0) is 29.1. The quantitative estimate of drug-likeness (QED) is 0.0650. The topological polar surface area (TPSA) is 274 Å². The first-order valence-corrected chi connectivity index (χ1v) is 12.2. The number of aliphatic carboxylic acids is 1. The van der Waals surface area contributed by atoms with Crippen LogP contribution in [0, 0.1) is 0 Å². The van der Waals surface area contributed by atoms with Gasteiger partial charge in [0.2, 0.25) is 23.6 Å². The fraction of sp³-hybridized carbons (Fsp3) is 0.417. The van der Waals surface area contributed by atoms with Crippen molar-refractivity contribution >= 4 is 46.5 Å². The first-order chi connectivity index (χ1) is 18.4. The third kappa shape index (κ3) is 9.62. The molecular weight excluding hydrogens is 510 g/mol. The molecule has 0 aliphatic heterocycles. The smallest absolute Gasteiger partial charge is 0.325 e. The molecule has 0 aliphatic rings. The summed E-state index contributed by atoms with van der Waals surface area (Å²) in [5.41, 5.74) is 23.6. The van der Waals surface area contributed by atoms with E-state index in [2.05, 4.69) is 25.9 Å². The fourth-order valence-electron chi connectivity index (χ4n) is 3.74. The van der Waals surface area contributed by atoms with Crippen LogP contribution in [0.3, 0.4) is 0 Å². The zero-order valence-electron chi connectivity index (χ0n) is 21.5. The second-order valence-electron chi connectivity index (χ2n) is 8.98. The van der Waals surface area contributed by atoms with Gasteiger partial charge in [0, 0.05) is 23.6 Å². The Balaban J connectivity index is 2.12. The van der Waals surface area contributed by atoms with Crippen LogP contribution in [-0.2, 0) is 30.4 Å². The van der Waals surface area contributed by atoms with Crippen molar-refractivity contribution in [2.75, 3.05) is 6.54 Å². The van der Waals surface area contributed by atoms with Crippen LogP contribution < -0.4 is 38.9 Å². The highest BCUT2D eigenvalue weighted by Crippen LogP contribution is 2.18. The van der Waals surface area contributed by atoms with Gasteiger partial charge in [0.25, 0.3) is 0 Å². The minimum atomic E-state index is -1.44. The number of carboxylic acids is 1. The molecule has 0 spiro atoms. The Hall–Kier alpha value is -4.66. The van der Waals surface area contributed by atoms with E-state index in [1.165, 1.54) is 6.92 Å². The van der Waals surface area contributed by atoms with E-state index in [0.29, 0.717) is 0 Å². The first-order valence-electron chi connectivity index (χ1n) is 12.2. The molecule has 1 aromatic heterocycles. The van der Waals surface area contributed by atoms with Crippen molar-refractivity contribution in [2.45, 2.75) is 56.8 Å². The van der Waals surface area contributed by atoms with Crippen LogP contribution in [0.1, 0.15) is 31.7 Å². The number of amides is 4. The fourth-order valence-corrected chi connectivity index (χ4v) is 3.74. The van der Waals surface area contributed by atoms with E-state index in [1.807, 2.05) is 24.3 Å². The molecule has 0 saturated heterocycles. The number of hydrogen-bond acceptors (Lipinski definition) is 7. The third-order valence-electron chi connectivity index (χ3n) is 5.80. The van der Waals surface area contributed by atoms with Gasteiger partial charge in [-0.25, -0.2) is 0 Å². The molecule has 0 fully saturated rings. The minimum absolute atomic E-state index is 0.0258. The number of hydrogen-bond donors (Lipinski definition) is 9. The van der Waals surface area contributed by atoms with Gasteiger partial charge in [-0.15, -0.1) is 0 Å². The molecule has 0 radical (unpaired) electrons. The molecule has 15 nitrogen and oxygen atoms in total. The third-order valence-corrected chi connectivity index (χ3v) is 5.80. The number of H-pyrrole nitrogens is 1. The van der Waals surface area contributed by atoms with E-state index in [-0.39, 0.29) is 31.8 Å². The number of para-hydroxylation sites is 1. The summed E-state index contributed by atoms with van der Waals surface area (Å²) in [4.78, 5) is 68.3. The molecule has 0 aliphatic carbocycles. The van der Waals surface area contributed by atoms with Crippen LogP contribution >= 0.6 is 0 Å². The van der Waals surface area contributed by atoms with Crippen molar-refractivity contribution in [1.29, 1.82) is 0 Å². The number of rotatable bonds is 15. The zero-order valence-corrected chi connectivity index (χ0v) is 21.5. The maximum absolute atomic E-state index is 13.1. The molecule has 15 heteroatoms. The molecular formula is C24H35N9O6. The molecule has 1 heterocycles. The second kappa shape index (κ2) is 14.3. The van der Waals surface area contributed by atoms with E-state index >= 15 is 0 Å². The monoisotopic (exact) mass is 545 g/mol. The Labute approximate surface area is 224 Å². The summed E-state index contributed by atoms with van der Waals surface area (Å²) in [6.45, 7) is 1.39. The average molecular weight is 546 g/mol. The first kappa shape index (κ1) is 30.6.